The smallest absolute Gasteiger partial charge is 0.230 e. The number of nitrogen functional groups attached to an aromatic ring is 2. The minimum Gasteiger partial charge on any atom is -0.444 e. The van der Waals surface area contributed by atoms with Crippen molar-refractivity contribution in [2.45, 2.75) is 19.3 Å². The maximum Gasteiger partial charge on any atom is 0.230 e. The SMILES string of the molecule is C[C@@H](O)[C@H](O)Oc1nc(N)nc(N)c1-c1ccc(Cl)c(Cl)c1. The molecule has 2 aromatic rings. The number of anilines is 2. The quantitative estimate of drug-likeness (QED) is 0.621. The number of aliphatic hydroxyl groups excluding tert-OH is 2. The van der Waals surface area contributed by atoms with Gasteiger partial charge in [-0.25, -0.2) is 0 Å². The van der Waals surface area contributed by atoms with Crippen molar-refractivity contribution in [3.05, 3.63) is 28.2 Å². The molecule has 0 spiro atoms. The van der Waals surface area contributed by atoms with Gasteiger partial charge in [0.25, 0.3) is 0 Å². The molecule has 0 aliphatic rings. The van der Waals surface area contributed by atoms with E-state index in [1.807, 2.05) is 0 Å². The standard InChI is InChI=1S/C13H14Cl2N4O3/c1-5(20)12(21)22-11-9(10(16)18-13(17)19-11)6-2-3-7(14)8(15)4-6/h2-5,12,20-21H,1H3,(H4,16,17,18,19)/t5-,12-/m1/s1. The number of benzene rings is 1. The first kappa shape index (κ1) is 16.6. The molecular formula is C13H14Cl2N4O3. The summed E-state index contributed by atoms with van der Waals surface area (Å²) in [5, 5.41) is 19.7. The number of aromatic nitrogens is 2. The lowest BCUT2D eigenvalue weighted by Gasteiger charge is -2.18. The number of halogens is 2. The first-order chi connectivity index (χ1) is 10.3. The Morgan fingerprint density at radius 1 is 1.14 bits per heavy atom. The highest BCUT2D eigenvalue weighted by molar-refractivity contribution is 6.42. The Morgan fingerprint density at radius 3 is 2.41 bits per heavy atom. The highest BCUT2D eigenvalue weighted by atomic mass is 35.5. The minimum atomic E-state index is -1.50. The zero-order valence-corrected chi connectivity index (χ0v) is 13.0. The Balaban J connectivity index is 2.55. The van der Waals surface area contributed by atoms with E-state index in [1.165, 1.54) is 6.92 Å². The van der Waals surface area contributed by atoms with Crippen LogP contribution in [0, 0.1) is 0 Å². The van der Waals surface area contributed by atoms with Crippen LogP contribution >= 0.6 is 23.2 Å². The van der Waals surface area contributed by atoms with Gasteiger partial charge in [-0.15, -0.1) is 0 Å². The highest BCUT2D eigenvalue weighted by Crippen LogP contribution is 2.36. The molecule has 0 fully saturated rings. The van der Waals surface area contributed by atoms with Crippen LogP contribution in [-0.4, -0.2) is 32.6 Å². The molecule has 0 aliphatic carbocycles. The largest absolute Gasteiger partial charge is 0.444 e. The van der Waals surface area contributed by atoms with E-state index in [4.69, 9.17) is 39.4 Å². The Bertz CT molecular complexity index is 697. The van der Waals surface area contributed by atoms with Crippen LogP contribution in [0.25, 0.3) is 11.1 Å². The summed E-state index contributed by atoms with van der Waals surface area (Å²) in [5.74, 6) is -0.162. The molecule has 0 amide bonds. The summed E-state index contributed by atoms with van der Waals surface area (Å²) < 4.78 is 5.21. The maximum atomic E-state index is 9.67. The van der Waals surface area contributed by atoms with Gasteiger partial charge in [0.15, 0.2) is 0 Å². The van der Waals surface area contributed by atoms with Gasteiger partial charge >= 0.3 is 0 Å². The molecule has 1 heterocycles. The molecule has 1 aromatic carbocycles. The number of rotatable bonds is 4. The summed E-state index contributed by atoms with van der Waals surface area (Å²) in [7, 11) is 0. The molecule has 0 radical (unpaired) electrons. The van der Waals surface area contributed by atoms with Crippen LogP contribution in [0.2, 0.25) is 10.0 Å². The van der Waals surface area contributed by atoms with Gasteiger partial charge in [-0.05, 0) is 24.6 Å². The van der Waals surface area contributed by atoms with E-state index < -0.39 is 12.4 Å². The number of hydrogen-bond acceptors (Lipinski definition) is 7. The minimum absolute atomic E-state index is 0.0404. The van der Waals surface area contributed by atoms with E-state index in [1.54, 1.807) is 18.2 Å². The normalized spacial score (nSPS) is 13.7. The van der Waals surface area contributed by atoms with Gasteiger partial charge in [0.1, 0.15) is 11.9 Å². The van der Waals surface area contributed by atoms with Crippen molar-refractivity contribution < 1.29 is 14.9 Å². The first-order valence-corrected chi connectivity index (χ1v) is 6.96. The van der Waals surface area contributed by atoms with Gasteiger partial charge in [-0.1, -0.05) is 29.3 Å². The van der Waals surface area contributed by atoms with Crippen LogP contribution in [0.3, 0.4) is 0 Å². The van der Waals surface area contributed by atoms with Gasteiger partial charge in [-0.3, -0.25) is 0 Å². The van der Waals surface area contributed by atoms with Crippen LogP contribution in [0.4, 0.5) is 11.8 Å². The summed E-state index contributed by atoms with van der Waals surface area (Å²) in [6, 6.07) is 4.77. The van der Waals surface area contributed by atoms with Gasteiger partial charge in [-0.2, -0.15) is 9.97 Å². The summed E-state index contributed by atoms with van der Waals surface area (Å²) >= 11 is 11.9. The molecule has 6 N–H and O–H groups in total. The van der Waals surface area contributed by atoms with Crippen molar-refractivity contribution in [1.82, 2.24) is 9.97 Å². The number of aliphatic hydroxyl groups is 2. The lowest BCUT2D eigenvalue weighted by atomic mass is 10.1. The Hall–Kier alpha value is -1.80. The average Bonchev–Trinajstić information content (AvgIpc) is 2.41. The van der Waals surface area contributed by atoms with Gasteiger partial charge in [0, 0.05) is 0 Å². The molecule has 9 heteroatoms. The second-order valence-electron chi connectivity index (χ2n) is 4.53. The van der Waals surface area contributed by atoms with Crippen LogP contribution in [0.5, 0.6) is 5.88 Å². The van der Waals surface area contributed by atoms with Crippen LogP contribution in [0.1, 0.15) is 6.92 Å². The van der Waals surface area contributed by atoms with E-state index in [-0.39, 0.29) is 23.2 Å². The van der Waals surface area contributed by atoms with Gasteiger partial charge in [0.05, 0.1) is 15.6 Å². The third-order valence-electron chi connectivity index (χ3n) is 2.77. The molecule has 2 atom stereocenters. The van der Waals surface area contributed by atoms with Crippen molar-refractivity contribution in [2.75, 3.05) is 11.5 Å². The summed E-state index contributed by atoms with van der Waals surface area (Å²) in [5.41, 5.74) is 12.2. The fourth-order valence-electron chi connectivity index (χ4n) is 1.69. The monoisotopic (exact) mass is 344 g/mol. The molecule has 0 unspecified atom stereocenters. The average molecular weight is 345 g/mol. The Morgan fingerprint density at radius 2 is 1.82 bits per heavy atom. The molecule has 0 saturated carbocycles. The summed E-state index contributed by atoms with van der Waals surface area (Å²) in [6.45, 7) is 1.36. The molecule has 1 aromatic heterocycles. The lowest BCUT2D eigenvalue weighted by Crippen LogP contribution is -2.29. The van der Waals surface area contributed by atoms with Crippen molar-refractivity contribution in [2.24, 2.45) is 0 Å². The Kier molecular flexibility index (Phi) is 4.92. The van der Waals surface area contributed by atoms with Gasteiger partial charge < -0.3 is 26.4 Å². The molecule has 0 saturated heterocycles. The number of nitrogens with two attached hydrogens (primary N) is 2. The van der Waals surface area contributed by atoms with Crippen LogP contribution in [-0.2, 0) is 0 Å². The predicted molar refractivity (Wildman–Crippen MR) is 84.6 cm³/mol. The van der Waals surface area contributed by atoms with Crippen LogP contribution < -0.4 is 16.2 Å². The second-order valence-corrected chi connectivity index (χ2v) is 5.34. The molecule has 22 heavy (non-hydrogen) atoms. The predicted octanol–water partition coefficient (Wildman–Crippen LogP) is 1.69. The third kappa shape index (κ3) is 3.50. The maximum absolute atomic E-state index is 9.67. The second kappa shape index (κ2) is 6.53. The molecular weight excluding hydrogens is 331 g/mol. The highest BCUT2D eigenvalue weighted by Gasteiger charge is 2.21. The van der Waals surface area contributed by atoms with Crippen molar-refractivity contribution in [1.29, 1.82) is 0 Å². The lowest BCUT2D eigenvalue weighted by molar-refractivity contribution is -0.0976. The summed E-state index contributed by atoms with van der Waals surface area (Å²) in [6.07, 6.45) is -2.64. The first-order valence-electron chi connectivity index (χ1n) is 6.20. The van der Waals surface area contributed by atoms with E-state index in [9.17, 15) is 10.2 Å². The third-order valence-corrected chi connectivity index (χ3v) is 3.51. The Labute approximate surface area is 136 Å². The topological polar surface area (TPSA) is 128 Å². The molecule has 7 nitrogen and oxygen atoms in total. The van der Waals surface area contributed by atoms with E-state index in [2.05, 4.69) is 9.97 Å². The number of ether oxygens (including phenoxy) is 1. The number of hydrogen-bond donors (Lipinski definition) is 4. The summed E-state index contributed by atoms with van der Waals surface area (Å²) in [4.78, 5) is 7.76. The molecule has 0 aliphatic heterocycles. The van der Waals surface area contributed by atoms with Crippen LogP contribution in [0.15, 0.2) is 18.2 Å². The van der Waals surface area contributed by atoms with E-state index >= 15 is 0 Å². The van der Waals surface area contributed by atoms with Gasteiger partial charge in [0.2, 0.25) is 18.1 Å². The molecule has 0 bridgehead atoms. The van der Waals surface area contributed by atoms with E-state index in [0.717, 1.165) is 0 Å². The number of nitrogens with zero attached hydrogens (tertiary/aromatic N) is 2. The van der Waals surface area contributed by atoms with Crippen molar-refractivity contribution in [3.8, 4) is 17.0 Å². The molecule has 2 rings (SSSR count). The van der Waals surface area contributed by atoms with Crippen molar-refractivity contribution in [3.63, 3.8) is 0 Å². The van der Waals surface area contributed by atoms with E-state index in [0.29, 0.717) is 15.6 Å². The fraction of sp³-hybridized carbons (Fsp3) is 0.231. The van der Waals surface area contributed by atoms with Crippen molar-refractivity contribution >= 4 is 35.0 Å². The fourth-order valence-corrected chi connectivity index (χ4v) is 1.99. The molecule has 118 valence electrons. The zero-order chi connectivity index (χ0) is 16.4. The zero-order valence-electron chi connectivity index (χ0n) is 11.5.